The molecule has 6 heteroatoms. The zero-order valence-corrected chi connectivity index (χ0v) is 11.3. The summed E-state index contributed by atoms with van der Waals surface area (Å²) in [5.41, 5.74) is 0. The van der Waals surface area contributed by atoms with E-state index in [1.807, 2.05) is 6.92 Å². The predicted molar refractivity (Wildman–Crippen MR) is 70.4 cm³/mol. The lowest BCUT2D eigenvalue weighted by molar-refractivity contribution is 0.223. The molecular formula is C12H18ClFN4. The number of hydrogen-bond acceptors (Lipinski definition) is 4. The van der Waals surface area contributed by atoms with Gasteiger partial charge in [0.25, 0.3) is 0 Å². The Morgan fingerprint density at radius 1 is 1.44 bits per heavy atom. The van der Waals surface area contributed by atoms with Gasteiger partial charge in [-0.15, -0.1) is 0 Å². The molecule has 2 heterocycles. The van der Waals surface area contributed by atoms with Crippen LogP contribution in [-0.2, 0) is 0 Å². The lowest BCUT2D eigenvalue weighted by Gasteiger charge is -2.29. The van der Waals surface area contributed by atoms with Crippen LogP contribution in [0.25, 0.3) is 0 Å². The first kappa shape index (κ1) is 13.5. The van der Waals surface area contributed by atoms with Crippen LogP contribution in [0.15, 0.2) is 6.20 Å². The van der Waals surface area contributed by atoms with E-state index in [-0.39, 0.29) is 17.1 Å². The van der Waals surface area contributed by atoms with Gasteiger partial charge in [-0.05, 0) is 44.5 Å². The smallest absolute Gasteiger partial charge is 0.224 e. The highest BCUT2D eigenvalue weighted by Crippen LogP contribution is 2.14. The van der Waals surface area contributed by atoms with E-state index in [0.29, 0.717) is 0 Å². The minimum absolute atomic E-state index is 0.0593. The fraction of sp³-hybridized carbons (Fsp3) is 0.667. The summed E-state index contributed by atoms with van der Waals surface area (Å²) in [6, 6.07) is 0.128. The normalized spacial score (nSPS) is 18.6. The van der Waals surface area contributed by atoms with Crippen LogP contribution < -0.4 is 5.32 Å². The molecule has 0 spiro atoms. The fourth-order valence-electron chi connectivity index (χ4n) is 2.26. The van der Waals surface area contributed by atoms with E-state index in [9.17, 15) is 4.39 Å². The van der Waals surface area contributed by atoms with E-state index in [1.54, 1.807) is 0 Å². The summed E-state index contributed by atoms with van der Waals surface area (Å²) in [6.07, 6.45) is 4.90. The average molecular weight is 273 g/mol. The van der Waals surface area contributed by atoms with Crippen LogP contribution in [0.3, 0.4) is 0 Å². The molecule has 1 N–H and O–H groups in total. The fourth-order valence-corrected chi connectivity index (χ4v) is 2.39. The predicted octanol–water partition coefficient (Wildman–Crippen LogP) is 2.56. The summed E-state index contributed by atoms with van der Waals surface area (Å²) in [5.74, 6) is -0.288. The van der Waals surface area contributed by atoms with Crippen molar-refractivity contribution in [1.82, 2.24) is 14.9 Å². The van der Waals surface area contributed by atoms with Crippen molar-refractivity contribution >= 4 is 17.4 Å². The molecule has 100 valence electrons. The van der Waals surface area contributed by atoms with Gasteiger partial charge >= 0.3 is 0 Å². The minimum Gasteiger partial charge on any atom is -0.364 e. The topological polar surface area (TPSA) is 41.0 Å². The van der Waals surface area contributed by atoms with E-state index in [1.165, 1.54) is 19.3 Å². The lowest BCUT2D eigenvalue weighted by atomic mass is 10.1. The Labute approximate surface area is 112 Å². The number of rotatable bonds is 4. The summed E-state index contributed by atoms with van der Waals surface area (Å²) in [7, 11) is 0. The van der Waals surface area contributed by atoms with Crippen LogP contribution in [0.4, 0.5) is 10.2 Å². The summed E-state index contributed by atoms with van der Waals surface area (Å²) < 4.78 is 13.4. The number of piperidine rings is 1. The Hall–Kier alpha value is -0.940. The van der Waals surface area contributed by atoms with Gasteiger partial charge < -0.3 is 10.2 Å². The molecule has 2 rings (SSSR count). The Bertz CT molecular complexity index is 396. The monoisotopic (exact) mass is 272 g/mol. The molecule has 1 saturated heterocycles. The SMILES string of the molecule is CC(CN1CCCCC1)Nc1nc(Cl)ncc1F. The third-order valence-corrected chi connectivity index (χ3v) is 3.26. The van der Waals surface area contributed by atoms with Gasteiger partial charge in [0.2, 0.25) is 5.28 Å². The largest absolute Gasteiger partial charge is 0.364 e. The number of nitrogens with one attached hydrogen (secondary N) is 1. The van der Waals surface area contributed by atoms with Crippen molar-refractivity contribution in [2.45, 2.75) is 32.2 Å². The molecule has 0 bridgehead atoms. The quantitative estimate of drug-likeness (QED) is 0.856. The Morgan fingerprint density at radius 2 is 2.17 bits per heavy atom. The van der Waals surface area contributed by atoms with Crippen molar-refractivity contribution in [3.63, 3.8) is 0 Å². The number of anilines is 1. The Kier molecular flexibility index (Phi) is 4.72. The molecule has 1 unspecified atom stereocenters. The molecule has 1 aromatic heterocycles. The zero-order valence-electron chi connectivity index (χ0n) is 10.5. The van der Waals surface area contributed by atoms with Crippen LogP contribution in [0.1, 0.15) is 26.2 Å². The summed E-state index contributed by atoms with van der Waals surface area (Å²) >= 11 is 5.65. The van der Waals surface area contributed by atoms with Gasteiger partial charge in [0.1, 0.15) is 0 Å². The van der Waals surface area contributed by atoms with Crippen LogP contribution in [0.5, 0.6) is 0 Å². The molecular weight excluding hydrogens is 255 g/mol. The molecule has 1 aliphatic heterocycles. The second kappa shape index (κ2) is 6.29. The van der Waals surface area contributed by atoms with E-state index in [4.69, 9.17) is 11.6 Å². The maximum atomic E-state index is 13.4. The summed E-state index contributed by atoms with van der Waals surface area (Å²) in [5, 5.41) is 3.11. The van der Waals surface area contributed by atoms with Crippen LogP contribution >= 0.6 is 11.6 Å². The Balaban J connectivity index is 1.89. The van der Waals surface area contributed by atoms with E-state index in [0.717, 1.165) is 25.8 Å². The molecule has 1 fully saturated rings. The van der Waals surface area contributed by atoms with Gasteiger partial charge in [0.05, 0.1) is 6.20 Å². The number of likely N-dealkylation sites (tertiary alicyclic amines) is 1. The van der Waals surface area contributed by atoms with E-state index >= 15 is 0 Å². The first-order valence-corrected chi connectivity index (χ1v) is 6.70. The minimum atomic E-state index is -0.468. The van der Waals surface area contributed by atoms with Crippen molar-refractivity contribution < 1.29 is 4.39 Å². The van der Waals surface area contributed by atoms with Crippen LogP contribution in [0, 0.1) is 5.82 Å². The lowest BCUT2D eigenvalue weighted by Crippen LogP contribution is -2.38. The van der Waals surface area contributed by atoms with Gasteiger partial charge in [0.15, 0.2) is 11.6 Å². The first-order chi connectivity index (χ1) is 8.65. The molecule has 0 saturated carbocycles. The maximum Gasteiger partial charge on any atom is 0.224 e. The Morgan fingerprint density at radius 3 is 2.89 bits per heavy atom. The highest BCUT2D eigenvalue weighted by atomic mass is 35.5. The highest BCUT2D eigenvalue weighted by molar-refractivity contribution is 6.28. The number of hydrogen-bond donors (Lipinski definition) is 1. The van der Waals surface area contributed by atoms with Crippen molar-refractivity contribution in [3.05, 3.63) is 17.3 Å². The molecule has 1 atom stereocenters. The van der Waals surface area contributed by atoms with Crippen molar-refractivity contribution in [2.24, 2.45) is 0 Å². The van der Waals surface area contributed by atoms with E-state index < -0.39 is 5.82 Å². The average Bonchev–Trinajstić information content (AvgIpc) is 2.35. The molecule has 1 aliphatic rings. The molecule has 0 aliphatic carbocycles. The second-order valence-electron chi connectivity index (χ2n) is 4.74. The molecule has 18 heavy (non-hydrogen) atoms. The van der Waals surface area contributed by atoms with Gasteiger partial charge in [0, 0.05) is 12.6 Å². The third-order valence-electron chi connectivity index (χ3n) is 3.08. The van der Waals surface area contributed by atoms with Crippen LogP contribution in [-0.4, -0.2) is 40.5 Å². The number of aromatic nitrogens is 2. The maximum absolute atomic E-state index is 13.4. The first-order valence-electron chi connectivity index (χ1n) is 6.32. The van der Waals surface area contributed by atoms with Crippen molar-refractivity contribution in [2.75, 3.05) is 25.0 Å². The third kappa shape index (κ3) is 3.78. The van der Waals surface area contributed by atoms with Crippen LogP contribution in [0.2, 0.25) is 5.28 Å². The van der Waals surface area contributed by atoms with Gasteiger partial charge in [-0.3, -0.25) is 0 Å². The zero-order chi connectivity index (χ0) is 13.0. The highest BCUT2D eigenvalue weighted by Gasteiger charge is 2.15. The van der Waals surface area contributed by atoms with Gasteiger partial charge in [-0.1, -0.05) is 6.42 Å². The van der Waals surface area contributed by atoms with Crippen molar-refractivity contribution in [1.29, 1.82) is 0 Å². The second-order valence-corrected chi connectivity index (χ2v) is 5.08. The molecule has 1 aromatic rings. The standard InChI is InChI=1S/C12H18ClFN4/c1-9(8-18-5-3-2-4-6-18)16-11-10(14)7-15-12(13)17-11/h7,9H,2-6,8H2,1H3,(H,15,16,17). The van der Waals surface area contributed by atoms with Gasteiger partial charge in [-0.25, -0.2) is 9.37 Å². The number of halogens is 2. The molecule has 4 nitrogen and oxygen atoms in total. The van der Waals surface area contributed by atoms with Gasteiger partial charge in [-0.2, -0.15) is 4.98 Å². The molecule has 0 amide bonds. The van der Waals surface area contributed by atoms with Crippen molar-refractivity contribution in [3.8, 4) is 0 Å². The number of nitrogens with zero attached hydrogens (tertiary/aromatic N) is 3. The molecule has 0 aromatic carbocycles. The van der Waals surface area contributed by atoms with E-state index in [2.05, 4.69) is 20.2 Å². The molecule has 0 radical (unpaired) electrons. The summed E-state index contributed by atoms with van der Waals surface area (Å²) in [6.45, 7) is 5.16. The summed E-state index contributed by atoms with van der Waals surface area (Å²) in [4.78, 5) is 9.84.